The lowest BCUT2D eigenvalue weighted by Gasteiger charge is -2.22. The Labute approximate surface area is 136 Å². The number of hydrogen-bond acceptors (Lipinski definition) is 4. The number of ether oxygens (including phenoxy) is 2. The maximum Gasteiger partial charge on any atom is 0.183 e. The molecule has 23 heavy (non-hydrogen) atoms. The van der Waals surface area contributed by atoms with Gasteiger partial charge in [-0.05, 0) is 5.56 Å². The predicted molar refractivity (Wildman–Crippen MR) is 86.9 cm³/mol. The number of hydrogen-bond donors (Lipinski definition) is 0. The Morgan fingerprint density at radius 3 is 2.13 bits per heavy atom. The Bertz CT molecular complexity index is 687. The van der Waals surface area contributed by atoms with Crippen molar-refractivity contribution in [3.8, 4) is 6.07 Å². The molecule has 2 aromatic rings. The maximum atomic E-state index is 12.9. The molecule has 0 amide bonds. The smallest absolute Gasteiger partial charge is 0.183 e. The van der Waals surface area contributed by atoms with Gasteiger partial charge in [0.1, 0.15) is 0 Å². The first-order valence-corrected chi connectivity index (χ1v) is 7.33. The van der Waals surface area contributed by atoms with Crippen LogP contribution in [0.3, 0.4) is 0 Å². The van der Waals surface area contributed by atoms with E-state index in [1.54, 1.807) is 26.4 Å². The van der Waals surface area contributed by atoms with Gasteiger partial charge < -0.3 is 9.47 Å². The van der Waals surface area contributed by atoms with Crippen LogP contribution in [0.25, 0.3) is 0 Å². The SMILES string of the molecule is COC(OC)c1ccccc1[C@H](CC#N)C(=O)c1ccccc1. The van der Waals surface area contributed by atoms with Crippen molar-refractivity contribution in [2.45, 2.75) is 18.6 Å². The van der Waals surface area contributed by atoms with Gasteiger partial charge in [0, 0.05) is 31.8 Å². The topological polar surface area (TPSA) is 59.3 Å². The van der Waals surface area contributed by atoms with Crippen molar-refractivity contribution < 1.29 is 14.3 Å². The third-order valence-corrected chi connectivity index (χ3v) is 3.72. The van der Waals surface area contributed by atoms with Crippen LogP contribution in [0.2, 0.25) is 0 Å². The van der Waals surface area contributed by atoms with Crippen LogP contribution in [0, 0.1) is 11.3 Å². The molecule has 0 spiro atoms. The van der Waals surface area contributed by atoms with E-state index in [0.717, 1.165) is 11.1 Å². The van der Waals surface area contributed by atoms with E-state index in [9.17, 15) is 10.1 Å². The van der Waals surface area contributed by atoms with Crippen LogP contribution >= 0.6 is 0 Å². The Balaban J connectivity index is 2.47. The molecule has 0 aromatic heterocycles. The quantitative estimate of drug-likeness (QED) is 0.575. The Hall–Kier alpha value is -2.48. The van der Waals surface area contributed by atoms with E-state index in [2.05, 4.69) is 6.07 Å². The van der Waals surface area contributed by atoms with E-state index in [4.69, 9.17) is 9.47 Å². The monoisotopic (exact) mass is 309 g/mol. The molecule has 0 bridgehead atoms. The van der Waals surface area contributed by atoms with Gasteiger partial charge >= 0.3 is 0 Å². The molecule has 1 atom stereocenters. The van der Waals surface area contributed by atoms with E-state index in [-0.39, 0.29) is 12.2 Å². The molecule has 2 rings (SSSR count). The number of benzene rings is 2. The van der Waals surface area contributed by atoms with Gasteiger partial charge in [0.15, 0.2) is 12.1 Å². The number of carbonyl (C=O) groups is 1. The lowest BCUT2D eigenvalue weighted by molar-refractivity contribution is -0.106. The molecular weight excluding hydrogens is 290 g/mol. The molecule has 0 saturated carbocycles. The average Bonchev–Trinajstić information content (AvgIpc) is 2.61. The van der Waals surface area contributed by atoms with Crippen LogP contribution in [0.5, 0.6) is 0 Å². The van der Waals surface area contributed by atoms with Crippen molar-refractivity contribution in [1.82, 2.24) is 0 Å². The summed E-state index contributed by atoms with van der Waals surface area (Å²) in [4.78, 5) is 12.9. The second kappa shape index (κ2) is 8.23. The molecule has 4 heteroatoms. The van der Waals surface area contributed by atoms with Crippen molar-refractivity contribution in [2.75, 3.05) is 14.2 Å². The third kappa shape index (κ3) is 3.84. The molecule has 0 radical (unpaired) electrons. The van der Waals surface area contributed by atoms with E-state index in [1.165, 1.54) is 0 Å². The highest BCUT2D eigenvalue weighted by atomic mass is 16.7. The summed E-state index contributed by atoms with van der Waals surface area (Å²) in [5.41, 5.74) is 2.12. The van der Waals surface area contributed by atoms with Gasteiger partial charge in [-0.15, -0.1) is 0 Å². The number of nitriles is 1. The van der Waals surface area contributed by atoms with Gasteiger partial charge in [-0.25, -0.2) is 0 Å². The van der Waals surface area contributed by atoms with Crippen LogP contribution in [-0.2, 0) is 9.47 Å². The molecule has 0 aliphatic heterocycles. The number of methoxy groups -OCH3 is 2. The molecule has 0 aliphatic rings. The van der Waals surface area contributed by atoms with Gasteiger partial charge in [-0.3, -0.25) is 4.79 Å². The molecule has 2 aromatic carbocycles. The molecule has 118 valence electrons. The summed E-state index contributed by atoms with van der Waals surface area (Å²) in [7, 11) is 3.09. The lowest BCUT2D eigenvalue weighted by Crippen LogP contribution is -2.17. The standard InChI is InChI=1S/C19H19NO3/c1-22-19(23-2)17-11-7-6-10-15(17)16(12-13-20)18(21)14-8-4-3-5-9-14/h3-11,16,19H,12H2,1-2H3/t16-/m0/s1. The highest BCUT2D eigenvalue weighted by molar-refractivity contribution is 6.01. The summed E-state index contributed by atoms with van der Waals surface area (Å²) in [6.45, 7) is 0. The first kappa shape index (κ1) is 16.9. The summed E-state index contributed by atoms with van der Waals surface area (Å²) >= 11 is 0. The molecule has 0 N–H and O–H groups in total. The molecule has 0 unspecified atom stereocenters. The van der Waals surface area contributed by atoms with E-state index in [1.807, 2.05) is 42.5 Å². The van der Waals surface area contributed by atoms with Crippen LogP contribution < -0.4 is 0 Å². The molecular formula is C19H19NO3. The number of Topliss-reactive ketones (excluding diaryl/α,β-unsaturated/α-hetero) is 1. The highest BCUT2D eigenvalue weighted by Crippen LogP contribution is 2.31. The van der Waals surface area contributed by atoms with Crippen molar-refractivity contribution in [1.29, 1.82) is 5.26 Å². The average molecular weight is 309 g/mol. The maximum absolute atomic E-state index is 12.9. The van der Waals surface area contributed by atoms with Gasteiger partial charge in [-0.1, -0.05) is 54.6 Å². The van der Waals surface area contributed by atoms with Crippen LogP contribution in [0.15, 0.2) is 54.6 Å². The Morgan fingerprint density at radius 2 is 1.57 bits per heavy atom. The minimum absolute atomic E-state index is 0.0782. The third-order valence-electron chi connectivity index (χ3n) is 3.72. The number of rotatable bonds is 7. The van der Waals surface area contributed by atoms with Gasteiger partial charge in [0.05, 0.1) is 12.0 Å². The summed E-state index contributed by atoms with van der Waals surface area (Å²) < 4.78 is 10.6. The molecule has 0 aliphatic carbocycles. The lowest BCUT2D eigenvalue weighted by atomic mass is 9.85. The van der Waals surface area contributed by atoms with E-state index < -0.39 is 12.2 Å². The highest BCUT2D eigenvalue weighted by Gasteiger charge is 2.26. The van der Waals surface area contributed by atoms with E-state index >= 15 is 0 Å². The van der Waals surface area contributed by atoms with Gasteiger partial charge in [0.2, 0.25) is 0 Å². The number of ketones is 1. The first-order chi connectivity index (χ1) is 11.2. The zero-order chi connectivity index (χ0) is 16.7. The van der Waals surface area contributed by atoms with Crippen molar-refractivity contribution in [3.63, 3.8) is 0 Å². The summed E-state index contributed by atoms with van der Waals surface area (Å²) in [5.74, 6) is -0.628. The summed E-state index contributed by atoms with van der Waals surface area (Å²) in [6.07, 6.45) is -0.471. The second-order valence-corrected chi connectivity index (χ2v) is 5.08. The first-order valence-electron chi connectivity index (χ1n) is 7.33. The number of carbonyl (C=O) groups excluding carboxylic acids is 1. The molecule has 0 heterocycles. The van der Waals surface area contributed by atoms with Crippen LogP contribution in [-0.4, -0.2) is 20.0 Å². The summed E-state index contributed by atoms with van der Waals surface area (Å²) in [6, 6.07) is 18.6. The van der Waals surface area contributed by atoms with Crippen LogP contribution in [0.4, 0.5) is 0 Å². The van der Waals surface area contributed by atoms with Gasteiger partial charge in [-0.2, -0.15) is 5.26 Å². The minimum atomic E-state index is -0.573. The van der Waals surface area contributed by atoms with Crippen molar-refractivity contribution >= 4 is 5.78 Å². The van der Waals surface area contributed by atoms with Crippen LogP contribution in [0.1, 0.15) is 40.1 Å². The fourth-order valence-electron chi connectivity index (χ4n) is 2.63. The zero-order valence-electron chi connectivity index (χ0n) is 13.2. The normalized spacial score (nSPS) is 11.9. The molecule has 0 saturated heterocycles. The second-order valence-electron chi connectivity index (χ2n) is 5.08. The molecule has 4 nitrogen and oxygen atoms in total. The zero-order valence-corrected chi connectivity index (χ0v) is 13.2. The number of nitrogens with zero attached hydrogens (tertiary/aromatic N) is 1. The van der Waals surface area contributed by atoms with Crippen molar-refractivity contribution in [3.05, 3.63) is 71.3 Å². The van der Waals surface area contributed by atoms with E-state index in [0.29, 0.717) is 5.56 Å². The largest absolute Gasteiger partial charge is 0.352 e. The summed E-state index contributed by atoms with van der Waals surface area (Å²) in [5, 5.41) is 9.17. The molecule has 0 fully saturated rings. The van der Waals surface area contributed by atoms with Crippen molar-refractivity contribution in [2.24, 2.45) is 0 Å². The van der Waals surface area contributed by atoms with Gasteiger partial charge in [0.25, 0.3) is 0 Å². The fraction of sp³-hybridized carbons (Fsp3) is 0.263. The minimum Gasteiger partial charge on any atom is -0.352 e. The predicted octanol–water partition coefficient (Wildman–Crippen LogP) is 3.86. The Morgan fingerprint density at radius 1 is 1.00 bits per heavy atom. The Kier molecular flexibility index (Phi) is 6.04. The fourth-order valence-corrected chi connectivity index (χ4v) is 2.63.